The lowest BCUT2D eigenvalue weighted by molar-refractivity contribution is 1.34. The highest BCUT2D eigenvalue weighted by molar-refractivity contribution is 6.03. The van der Waals surface area contributed by atoms with E-state index in [-0.39, 0.29) is 0 Å². The van der Waals surface area contributed by atoms with Crippen LogP contribution in [0.15, 0.2) is 91.0 Å². The van der Waals surface area contributed by atoms with Crippen LogP contribution < -0.4 is 0 Å². The van der Waals surface area contributed by atoms with Gasteiger partial charge in [0.2, 0.25) is 0 Å². The van der Waals surface area contributed by atoms with Crippen LogP contribution in [0.25, 0.3) is 44.3 Å². The van der Waals surface area contributed by atoms with Crippen LogP contribution >= 0.6 is 0 Å². The lowest BCUT2D eigenvalue weighted by atomic mass is 9.93. The predicted octanol–water partition coefficient (Wildman–Crippen LogP) is 6.05. The summed E-state index contributed by atoms with van der Waals surface area (Å²) in [6, 6.07) is 31.5. The van der Waals surface area contributed by atoms with Crippen molar-refractivity contribution >= 4 is 21.8 Å². The van der Waals surface area contributed by atoms with Crippen molar-refractivity contribution in [1.82, 2.24) is 9.97 Å². The fourth-order valence-corrected chi connectivity index (χ4v) is 3.47. The van der Waals surface area contributed by atoms with Gasteiger partial charge >= 0.3 is 0 Å². The number of nitrogens with one attached hydrogen (secondary N) is 1. The minimum absolute atomic E-state index is 0.908. The Morgan fingerprint density at radius 2 is 1.40 bits per heavy atom. The molecule has 1 N–H and O–H groups in total. The number of hydrogen-bond donors (Lipinski definition) is 1. The first kappa shape index (κ1) is 14.0. The molecule has 0 amide bonds. The largest absolute Gasteiger partial charge is 0.338 e. The Kier molecular flexibility index (Phi) is 3.14. The molecule has 0 aliphatic carbocycles. The van der Waals surface area contributed by atoms with E-state index in [0.717, 1.165) is 22.4 Å². The molecule has 5 aromatic rings. The molecule has 1 aromatic heterocycles. The molecule has 0 bridgehead atoms. The average molecular weight is 320 g/mol. The summed E-state index contributed by atoms with van der Waals surface area (Å²) in [7, 11) is 0. The van der Waals surface area contributed by atoms with E-state index < -0.39 is 0 Å². The number of aromatic amines is 1. The van der Waals surface area contributed by atoms with Crippen molar-refractivity contribution in [2.24, 2.45) is 0 Å². The molecule has 118 valence electrons. The van der Waals surface area contributed by atoms with Crippen molar-refractivity contribution in [3.05, 3.63) is 91.0 Å². The maximum absolute atomic E-state index is 4.82. The van der Waals surface area contributed by atoms with Gasteiger partial charge in [-0.15, -0.1) is 0 Å². The first-order valence-electron chi connectivity index (χ1n) is 8.42. The fraction of sp³-hybridized carbons (Fsp3) is 0. The molecule has 25 heavy (non-hydrogen) atoms. The van der Waals surface area contributed by atoms with E-state index in [1.54, 1.807) is 0 Å². The molecule has 0 unspecified atom stereocenters. The summed E-state index contributed by atoms with van der Waals surface area (Å²) in [5.41, 5.74) is 5.60. The van der Waals surface area contributed by atoms with E-state index >= 15 is 0 Å². The third-order valence-electron chi connectivity index (χ3n) is 4.64. The Morgan fingerprint density at radius 1 is 0.640 bits per heavy atom. The number of rotatable bonds is 2. The number of benzene rings is 4. The van der Waals surface area contributed by atoms with Crippen molar-refractivity contribution in [3.63, 3.8) is 0 Å². The Labute approximate surface area is 145 Å². The molecule has 2 heteroatoms. The number of H-pyrrole nitrogens is 1. The second-order valence-corrected chi connectivity index (χ2v) is 6.18. The summed E-state index contributed by atoms with van der Waals surface area (Å²) in [5, 5.41) is 2.48. The first-order valence-corrected chi connectivity index (χ1v) is 8.42. The zero-order chi connectivity index (χ0) is 16.6. The topological polar surface area (TPSA) is 28.7 Å². The zero-order valence-electron chi connectivity index (χ0n) is 13.6. The molecule has 0 aliphatic rings. The van der Waals surface area contributed by atoms with Crippen LogP contribution in [0, 0.1) is 0 Å². The quantitative estimate of drug-likeness (QED) is 0.421. The molecule has 0 fully saturated rings. The van der Waals surface area contributed by atoms with Gasteiger partial charge in [0, 0.05) is 11.1 Å². The lowest BCUT2D eigenvalue weighted by Gasteiger charge is -2.12. The minimum atomic E-state index is 0.908. The highest BCUT2D eigenvalue weighted by atomic mass is 14.9. The SMILES string of the molecule is c1ccc(-c2c(-c3nc4ccccc4[nH]3)ccc3ccccc23)cc1. The minimum Gasteiger partial charge on any atom is -0.338 e. The molecule has 1 heterocycles. The molecule has 2 nitrogen and oxygen atoms in total. The fourth-order valence-electron chi connectivity index (χ4n) is 3.47. The van der Waals surface area contributed by atoms with Gasteiger partial charge in [0.1, 0.15) is 5.82 Å². The van der Waals surface area contributed by atoms with Crippen molar-refractivity contribution in [2.75, 3.05) is 0 Å². The van der Waals surface area contributed by atoms with Gasteiger partial charge in [-0.05, 0) is 34.5 Å². The molecule has 0 atom stereocenters. The average Bonchev–Trinajstić information content (AvgIpc) is 3.12. The summed E-state index contributed by atoms with van der Waals surface area (Å²) in [6.07, 6.45) is 0. The van der Waals surface area contributed by atoms with Gasteiger partial charge in [-0.2, -0.15) is 0 Å². The molecular formula is C23H16N2. The predicted molar refractivity (Wildman–Crippen MR) is 104 cm³/mol. The summed E-state index contributed by atoms with van der Waals surface area (Å²) in [4.78, 5) is 8.30. The molecule has 0 aliphatic heterocycles. The van der Waals surface area contributed by atoms with E-state index in [9.17, 15) is 0 Å². The van der Waals surface area contributed by atoms with E-state index in [2.05, 4.69) is 77.8 Å². The van der Waals surface area contributed by atoms with Crippen molar-refractivity contribution in [1.29, 1.82) is 0 Å². The maximum Gasteiger partial charge on any atom is 0.139 e. The van der Waals surface area contributed by atoms with E-state index in [4.69, 9.17) is 4.98 Å². The molecule has 0 radical (unpaired) electrons. The van der Waals surface area contributed by atoms with Crippen LogP contribution in [0.4, 0.5) is 0 Å². The van der Waals surface area contributed by atoms with Crippen LogP contribution in [0.1, 0.15) is 0 Å². The van der Waals surface area contributed by atoms with Crippen LogP contribution in [-0.2, 0) is 0 Å². The summed E-state index contributed by atoms with van der Waals surface area (Å²) in [6.45, 7) is 0. The van der Waals surface area contributed by atoms with Gasteiger partial charge in [0.15, 0.2) is 0 Å². The van der Waals surface area contributed by atoms with Gasteiger partial charge < -0.3 is 4.98 Å². The number of aromatic nitrogens is 2. The van der Waals surface area contributed by atoms with E-state index in [0.29, 0.717) is 0 Å². The van der Waals surface area contributed by atoms with Crippen molar-refractivity contribution in [3.8, 4) is 22.5 Å². The van der Waals surface area contributed by atoms with Gasteiger partial charge in [-0.3, -0.25) is 0 Å². The van der Waals surface area contributed by atoms with E-state index in [1.165, 1.54) is 21.9 Å². The molecule has 0 saturated carbocycles. The smallest absolute Gasteiger partial charge is 0.139 e. The van der Waals surface area contributed by atoms with Gasteiger partial charge in [0.25, 0.3) is 0 Å². The van der Waals surface area contributed by atoms with Crippen LogP contribution in [0.2, 0.25) is 0 Å². The highest BCUT2D eigenvalue weighted by Gasteiger charge is 2.14. The van der Waals surface area contributed by atoms with Crippen LogP contribution in [-0.4, -0.2) is 9.97 Å². The van der Waals surface area contributed by atoms with Crippen LogP contribution in [0.5, 0.6) is 0 Å². The number of imidazole rings is 1. The number of hydrogen-bond acceptors (Lipinski definition) is 1. The second kappa shape index (κ2) is 5.60. The Morgan fingerprint density at radius 3 is 2.28 bits per heavy atom. The summed E-state index contributed by atoms with van der Waals surface area (Å²) in [5.74, 6) is 0.908. The summed E-state index contributed by atoms with van der Waals surface area (Å²) >= 11 is 0. The standard InChI is InChI=1S/C23H16N2/c1-2-9-17(10-3-1)22-18-11-5-4-8-16(18)14-15-19(22)23-24-20-12-6-7-13-21(20)25-23/h1-15H,(H,24,25). The number of nitrogens with zero attached hydrogens (tertiary/aromatic N) is 1. The van der Waals surface area contributed by atoms with Crippen molar-refractivity contribution in [2.45, 2.75) is 0 Å². The zero-order valence-corrected chi connectivity index (χ0v) is 13.6. The number of fused-ring (bicyclic) bond motifs is 2. The third kappa shape index (κ3) is 2.31. The molecular weight excluding hydrogens is 304 g/mol. The Bertz CT molecular complexity index is 1150. The van der Waals surface area contributed by atoms with Gasteiger partial charge in [0.05, 0.1) is 11.0 Å². The molecule has 0 saturated heterocycles. The third-order valence-corrected chi connectivity index (χ3v) is 4.64. The maximum atomic E-state index is 4.82. The Balaban J connectivity index is 1.86. The monoisotopic (exact) mass is 320 g/mol. The van der Waals surface area contributed by atoms with Gasteiger partial charge in [-0.25, -0.2) is 4.98 Å². The molecule has 0 spiro atoms. The first-order chi connectivity index (χ1) is 12.4. The second-order valence-electron chi connectivity index (χ2n) is 6.18. The molecule has 5 rings (SSSR count). The van der Waals surface area contributed by atoms with Crippen LogP contribution in [0.3, 0.4) is 0 Å². The lowest BCUT2D eigenvalue weighted by Crippen LogP contribution is -1.89. The molecule has 4 aromatic carbocycles. The van der Waals surface area contributed by atoms with E-state index in [1.807, 2.05) is 18.2 Å². The summed E-state index contributed by atoms with van der Waals surface area (Å²) < 4.78 is 0. The Hall–Kier alpha value is -3.39. The normalized spacial score (nSPS) is 11.2. The number of para-hydroxylation sites is 2. The highest BCUT2D eigenvalue weighted by Crippen LogP contribution is 2.37. The van der Waals surface area contributed by atoms with Gasteiger partial charge in [-0.1, -0.05) is 72.8 Å². The van der Waals surface area contributed by atoms with Crippen molar-refractivity contribution < 1.29 is 0 Å².